The second-order valence-electron chi connectivity index (χ2n) is 5.88. The molecule has 3 aromatic heterocycles. The Bertz CT molecular complexity index is 1000. The maximum atomic E-state index is 4.56. The molecule has 0 atom stereocenters. The Kier molecular flexibility index (Phi) is 4.55. The zero-order chi connectivity index (χ0) is 17.2. The van der Waals surface area contributed by atoms with Crippen molar-refractivity contribution < 1.29 is 0 Å². The smallest absolute Gasteiger partial charge is 0.174 e. The highest BCUT2D eigenvalue weighted by molar-refractivity contribution is 7.99. The third-order valence-corrected chi connectivity index (χ3v) is 5.94. The summed E-state index contributed by atoms with van der Waals surface area (Å²) in [6.07, 6.45) is 6.60. The zero-order valence-corrected chi connectivity index (χ0v) is 15.8. The highest BCUT2D eigenvalue weighted by Crippen LogP contribution is 2.39. The molecule has 0 unspecified atom stereocenters. The summed E-state index contributed by atoms with van der Waals surface area (Å²) in [5.74, 6) is 0. The number of imidazole rings is 1. The molecule has 0 saturated carbocycles. The molecule has 6 heteroatoms. The molecule has 0 amide bonds. The average Bonchev–Trinajstić information content (AvgIpc) is 3.24. The maximum Gasteiger partial charge on any atom is 0.174 e. The third kappa shape index (κ3) is 3.19. The molecule has 0 bridgehead atoms. The van der Waals surface area contributed by atoms with E-state index < -0.39 is 0 Å². The second-order valence-corrected chi connectivity index (χ2v) is 7.69. The molecular weight excluding hydrogens is 348 g/mol. The monoisotopic (exact) mass is 366 g/mol. The molecule has 0 saturated heterocycles. The van der Waals surface area contributed by atoms with Crippen molar-refractivity contribution in [2.45, 2.75) is 37.0 Å². The van der Waals surface area contributed by atoms with E-state index >= 15 is 0 Å². The van der Waals surface area contributed by atoms with Crippen LogP contribution in [-0.2, 0) is 6.54 Å². The number of thiophene rings is 1. The molecule has 0 aliphatic carbocycles. The summed E-state index contributed by atoms with van der Waals surface area (Å²) < 4.78 is 2.18. The van der Waals surface area contributed by atoms with E-state index in [-0.39, 0.29) is 0 Å². The van der Waals surface area contributed by atoms with Crippen LogP contribution in [0.1, 0.15) is 18.9 Å². The van der Waals surface area contributed by atoms with Crippen LogP contribution >= 0.6 is 23.1 Å². The molecule has 25 heavy (non-hydrogen) atoms. The zero-order valence-electron chi connectivity index (χ0n) is 14.1. The van der Waals surface area contributed by atoms with Crippen molar-refractivity contribution in [2.75, 3.05) is 0 Å². The van der Waals surface area contributed by atoms with E-state index in [2.05, 4.69) is 63.0 Å². The van der Waals surface area contributed by atoms with Crippen LogP contribution in [0, 0.1) is 6.92 Å². The Hall–Kier alpha value is -2.18. The number of hydrogen-bond donors (Lipinski definition) is 0. The van der Waals surface area contributed by atoms with Gasteiger partial charge in [-0.1, -0.05) is 36.8 Å². The van der Waals surface area contributed by atoms with Gasteiger partial charge in [0, 0.05) is 29.9 Å². The number of aromatic nitrogens is 4. The van der Waals surface area contributed by atoms with Crippen molar-refractivity contribution in [3.8, 4) is 11.1 Å². The number of nitrogens with zero attached hydrogens (tertiary/aromatic N) is 4. The van der Waals surface area contributed by atoms with E-state index in [0.717, 1.165) is 33.4 Å². The molecule has 4 nitrogen and oxygen atoms in total. The molecule has 0 aliphatic rings. The fraction of sp³-hybridized carbons (Fsp3) is 0.211. The van der Waals surface area contributed by atoms with E-state index in [9.17, 15) is 0 Å². The standard InChI is InChI=1S/C19H18N4S2/c1-3-9-23-10-8-20-19(23)25-18-16-15(11-24-17(16)21-12-22-18)14-6-4-13(2)5-7-14/h4-8,10-12H,3,9H2,1-2H3. The summed E-state index contributed by atoms with van der Waals surface area (Å²) in [4.78, 5) is 14.5. The van der Waals surface area contributed by atoms with Gasteiger partial charge in [0.05, 0.1) is 5.39 Å². The molecule has 126 valence electrons. The van der Waals surface area contributed by atoms with Crippen molar-refractivity contribution >= 4 is 33.3 Å². The summed E-state index contributed by atoms with van der Waals surface area (Å²) in [5, 5.41) is 5.23. The van der Waals surface area contributed by atoms with Crippen LogP contribution in [0.25, 0.3) is 21.3 Å². The van der Waals surface area contributed by atoms with Gasteiger partial charge < -0.3 is 4.57 Å². The van der Waals surface area contributed by atoms with Crippen LogP contribution in [0.3, 0.4) is 0 Å². The van der Waals surface area contributed by atoms with E-state index in [4.69, 9.17) is 0 Å². The number of hydrogen-bond acceptors (Lipinski definition) is 5. The van der Waals surface area contributed by atoms with Gasteiger partial charge >= 0.3 is 0 Å². The van der Waals surface area contributed by atoms with Gasteiger partial charge in [0.15, 0.2) is 5.16 Å². The number of benzene rings is 1. The van der Waals surface area contributed by atoms with Crippen LogP contribution in [-0.4, -0.2) is 19.5 Å². The van der Waals surface area contributed by atoms with Crippen LogP contribution in [0.4, 0.5) is 0 Å². The molecule has 1 aromatic carbocycles. The number of fused-ring (bicyclic) bond motifs is 1. The van der Waals surface area contributed by atoms with Crippen molar-refractivity contribution in [2.24, 2.45) is 0 Å². The van der Waals surface area contributed by atoms with Crippen LogP contribution in [0.15, 0.2) is 58.5 Å². The summed E-state index contributed by atoms with van der Waals surface area (Å²) in [6, 6.07) is 8.61. The normalized spacial score (nSPS) is 11.3. The molecule has 0 radical (unpaired) electrons. The Balaban J connectivity index is 1.80. The lowest BCUT2D eigenvalue weighted by molar-refractivity contribution is 0.620. The van der Waals surface area contributed by atoms with Crippen LogP contribution in [0.2, 0.25) is 0 Å². The Morgan fingerprint density at radius 2 is 1.96 bits per heavy atom. The molecule has 4 aromatic rings. The Labute approximate surface area is 155 Å². The first kappa shape index (κ1) is 16.3. The second kappa shape index (κ2) is 6.98. The van der Waals surface area contributed by atoms with Crippen molar-refractivity contribution in [1.29, 1.82) is 0 Å². The topological polar surface area (TPSA) is 43.6 Å². The minimum absolute atomic E-state index is 0.963. The summed E-state index contributed by atoms with van der Waals surface area (Å²) >= 11 is 3.28. The SMILES string of the molecule is CCCn1ccnc1Sc1ncnc2scc(-c3ccc(C)cc3)c12. The van der Waals surface area contributed by atoms with Gasteiger partial charge in [-0.25, -0.2) is 15.0 Å². The van der Waals surface area contributed by atoms with Crippen molar-refractivity contribution in [3.05, 3.63) is 53.9 Å². The minimum atomic E-state index is 0.963. The summed E-state index contributed by atoms with van der Waals surface area (Å²) in [5.41, 5.74) is 3.65. The summed E-state index contributed by atoms with van der Waals surface area (Å²) in [7, 11) is 0. The first-order valence-corrected chi connectivity index (χ1v) is 9.94. The first-order valence-electron chi connectivity index (χ1n) is 8.24. The number of rotatable bonds is 5. The quantitative estimate of drug-likeness (QED) is 0.442. The maximum absolute atomic E-state index is 4.56. The fourth-order valence-electron chi connectivity index (χ4n) is 2.77. The van der Waals surface area contributed by atoms with Gasteiger partial charge in [-0.2, -0.15) is 0 Å². The molecule has 0 aliphatic heterocycles. The van der Waals surface area contributed by atoms with E-state index in [1.807, 2.05) is 12.4 Å². The highest BCUT2D eigenvalue weighted by Gasteiger charge is 2.16. The predicted molar refractivity (Wildman–Crippen MR) is 104 cm³/mol. The lowest BCUT2D eigenvalue weighted by Crippen LogP contribution is -1.97. The summed E-state index contributed by atoms with van der Waals surface area (Å²) in [6.45, 7) is 5.24. The Morgan fingerprint density at radius 1 is 1.12 bits per heavy atom. The molecular formula is C19H18N4S2. The molecule has 3 heterocycles. The minimum Gasteiger partial charge on any atom is -0.326 e. The highest BCUT2D eigenvalue weighted by atomic mass is 32.2. The number of aryl methyl sites for hydroxylation is 2. The van der Waals surface area contributed by atoms with Gasteiger partial charge in [0.1, 0.15) is 16.2 Å². The molecule has 0 fully saturated rings. The van der Waals surface area contributed by atoms with Gasteiger partial charge in [-0.05, 0) is 30.7 Å². The van der Waals surface area contributed by atoms with E-state index in [1.54, 1.807) is 29.4 Å². The lowest BCUT2D eigenvalue weighted by Gasteiger charge is -2.07. The van der Waals surface area contributed by atoms with Gasteiger partial charge in [0.2, 0.25) is 0 Å². The average molecular weight is 367 g/mol. The van der Waals surface area contributed by atoms with Gasteiger partial charge in [-0.3, -0.25) is 0 Å². The predicted octanol–water partition coefficient (Wildman–Crippen LogP) is 5.42. The molecule has 0 N–H and O–H groups in total. The van der Waals surface area contributed by atoms with Gasteiger partial charge in [0.25, 0.3) is 0 Å². The molecule has 4 rings (SSSR count). The Morgan fingerprint density at radius 3 is 2.76 bits per heavy atom. The largest absolute Gasteiger partial charge is 0.326 e. The third-order valence-electron chi connectivity index (χ3n) is 4.03. The van der Waals surface area contributed by atoms with Crippen molar-refractivity contribution in [3.63, 3.8) is 0 Å². The van der Waals surface area contributed by atoms with E-state index in [0.29, 0.717) is 0 Å². The fourth-order valence-corrected chi connectivity index (χ4v) is 4.71. The van der Waals surface area contributed by atoms with Crippen LogP contribution in [0.5, 0.6) is 0 Å². The lowest BCUT2D eigenvalue weighted by atomic mass is 10.1. The van der Waals surface area contributed by atoms with Crippen molar-refractivity contribution in [1.82, 2.24) is 19.5 Å². The molecule has 0 spiro atoms. The van der Waals surface area contributed by atoms with Crippen LogP contribution < -0.4 is 0 Å². The first-order chi connectivity index (χ1) is 12.3. The van der Waals surface area contributed by atoms with E-state index in [1.165, 1.54) is 16.7 Å². The van der Waals surface area contributed by atoms with Gasteiger partial charge in [-0.15, -0.1) is 11.3 Å².